The number of carbonyl (C=O) groups is 1. The molecule has 190 valence electrons. The number of para-hydroxylation sites is 1. The predicted molar refractivity (Wildman–Crippen MR) is 143 cm³/mol. The summed E-state index contributed by atoms with van der Waals surface area (Å²) in [6.45, 7) is 5.79. The first-order valence-electron chi connectivity index (χ1n) is 12.9. The molecule has 1 aromatic heterocycles. The number of aromatic nitrogens is 1. The molecule has 2 aliphatic rings. The molecule has 0 bridgehead atoms. The molecule has 36 heavy (non-hydrogen) atoms. The van der Waals surface area contributed by atoms with Crippen molar-refractivity contribution in [2.45, 2.75) is 50.0 Å². The molecule has 2 heterocycles. The lowest BCUT2D eigenvalue weighted by Gasteiger charge is -2.41. The lowest BCUT2D eigenvalue weighted by atomic mass is 9.88. The second-order valence-electron chi connectivity index (χ2n) is 10.1. The van der Waals surface area contributed by atoms with Gasteiger partial charge in [-0.3, -0.25) is 19.4 Å². The Hall–Kier alpha value is -2.97. The summed E-state index contributed by atoms with van der Waals surface area (Å²) in [5.74, 6) is 0.793. The van der Waals surface area contributed by atoms with Crippen molar-refractivity contribution >= 4 is 32.5 Å². The summed E-state index contributed by atoms with van der Waals surface area (Å²) in [6.07, 6.45) is 8.32. The van der Waals surface area contributed by atoms with Crippen molar-refractivity contribution in [3.8, 4) is 0 Å². The maximum absolute atomic E-state index is 13.2. The number of hydrogen-bond donors (Lipinski definition) is 1. The molecule has 5 rings (SSSR count). The number of rotatable bonds is 6. The highest BCUT2D eigenvalue weighted by Crippen LogP contribution is 2.26. The lowest BCUT2D eigenvalue weighted by molar-refractivity contribution is 0.0444. The van der Waals surface area contributed by atoms with Crippen molar-refractivity contribution in [1.82, 2.24) is 14.8 Å². The van der Waals surface area contributed by atoms with Gasteiger partial charge < -0.3 is 4.90 Å². The Morgan fingerprint density at radius 1 is 1.00 bits per heavy atom. The molecule has 2 aromatic carbocycles. The van der Waals surface area contributed by atoms with Gasteiger partial charge in [-0.1, -0.05) is 37.5 Å². The minimum absolute atomic E-state index is 0.00697. The third-order valence-corrected chi connectivity index (χ3v) is 8.90. The van der Waals surface area contributed by atoms with Crippen LogP contribution in [-0.2, 0) is 10.0 Å². The third-order valence-electron chi connectivity index (χ3n) is 7.48. The summed E-state index contributed by atoms with van der Waals surface area (Å²) in [6, 6.07) is 15.5. The predicted octanol–water partition coefficient (Wildman–Crippen LogP) is 4.76. The Bertz CT molecular complexity index is 1310. The van der Waals surface area contributed by atoms with E-state index in [0.29, 0.717) is 16.8 Å². The van der Waals surface area contributed by atoms with Crippen molar-refractivity contribution in [1.29, 1.82) is 0 Å². The van der Waals surface area contributed by atoms with Gasteiger partial charge in [-0.15, -0.1) is 0 Å². The monoisotopic (exact) mass is 506 g/mol. The van der Waals surface area contributed by atoms with Crippen LogP contribution in [0.3, 0.4) is 0 Å². The van der Waals surface area contributed by atoms with Crippen molar-refractivity contribution < 1.29 is 13.2 Å². The number of pyridine rings is 1. The molecule has 1 unspecified atom stereocenters. The van der Waals surface area contributed by atoms with Crippen LogP contribution in [0.15, 0.2) is 65.7 Å². The van der Waals surface area contributed by atoms with Gasteiger partial charge in [0.15, 0.2) is 0 Å². The largest absolute Gasteiger partial charge is 0.333 e. The Morgan fingerprint density at radius 3 is 2.50 bits per heavy atom. The highest BCUT2D eigenvalue weighted by Gasteiger charge is 2.29. The first-order valence-corrected chi connectivity index (χ1v) is 14.4. The smallest absolute Gasteiger partial charge is 0.264 e. The molecule has 1 aliphatic heterocycles. The zero-order chi connectivity index (χ0) is 25.1. The molecule has 1 saturated heterocycles. The maximum atomic E-state index is 13.2. The number of sulfonamides is 1. The first kappa shape index (κ1) is 24.7. The highest BCUT2D eigenvalue weighted by atomic mass is 32.2. The zero-order valence-electron chi connectivity index (χ0n) is 20.8. The van der Waals surface area contributed by atoms with Crippen LogP contribution >= 0.6 is 0 Å². The fourth-order valence-corrected chi connectivity index (χ4v) is 6.82. The highest BCUT2D eigenvalue weighted by molar-refractivity contribution is 7.93. The summed E-state index contributed by atoms with van der Waals surface area (Å²) < 4.78 is 28.8. The second-order valence-corrected chi connectivity index (χ2v) is 11.8. The van der Waals surface area contributed by atoms with E-state index < -0.39 is 10.0 Å². The lowest BCUT2D eigenvalue weighted by Crippen LogP contribution is -2.54. The van der Waals surface area contributed by atoms with Crippen LogP contribution in [0.1, 0.15) is 49.4 Å². The number of fused-ring (bicyclic) bond motifs is 1. The molecule has 0 radical (unpaired) electrons. The third kappa shape index (κ3) is 5.39. The molecule has 1 saturated carbocycles. The molecule has 1 amide bonds. The average molecular weight is 507 g/mol. The number of anilines is 1. The van der Waals surface area contributed by atoms with Crippen LogP contribution < -0.4 is 4.72 Å². The minimum atomic E-state index is -3.83. The molecule has 1 N–H and O–H groups in total. The molecule has 3 aromatic rings. The van der Waals surface area contributed by atoms with Crippen molar-refractivity contribution in [3.05, 3.63) is 66.4 Å². The van der Waals surface area contributed by atoms with E-state index >= 15 is 0 Å². The summed E-state index contributed by atoms with van der Waals surface area (Å²) in [5, 5.41) is 0.759. The van der Waals surface area contributed by atoms with Crippen LogP contribution in [0.4, 0.5) is 5.69 Å². The second kappa shape index (κ2) is 10.6. The standard InChI is InChI=1S/C28H34N4O3S/c1-21-19-31(20-22-7-3-2-4-8-22)17-18-32(21)28(33)24-12-14-25(15-13-24)30-36(34,35)26-11-5-9-23-10-6-16-29-27(23)26/h5-6,9-16,21-22,30H,2-4,7-8,17-20H2,1H3. The van der Waals surface area contributed by atoms with Gasteiger partial charge in [0, 0.05) is 55.1 Å². The summed E-state index contributed by atoms with van der Waals surface area (Å²) >= 11 is 0. The molecular weight excluding hydrogens is 472 g/mol. The van der Waals surface area contributed by atoms with E-state index in [1.807, 2.05) is 17.0 Å². The summed E-state index contributed by atoms with van der Waals surface area (Å²) in [5.41, 5.74) is 1.40. The van der Waals surface area contributed by atoms with Gasteiger partial charge in [-0.2, -0.15) is 0 Å². The van der Waals surface area contributed by atoms with Gasteiger partial charge in [-0.25, -0.2) is 8.42 Å². The Labute approximate surface area is 213 Å². The van der Waals surface area contributed by atoms with E-state index in [0.717, 1.165) is 37.5 Å². The van der Waals surface area contributed by atoms with Crippen LogP contribution in [0.2, 0.25) is 0 Å². The molecule has 1 aliphatic carbocycles. The number of hydrogen-bond acceptors (Lipinski definition) is 5. The van der Waals surface area contributed by atoms with Crippen molar-refractivity contribution in [2.75, 3.05) is 30.9 Å². The molecule has 2 fully saturated rings. The fraction of sp³-hybridized carbons (Fsp3) is 0.429. The molecule has 7 nitrogen and oxygen atoms in total. The van der Waals surface area contributed by atoms with Gasteiger partial charge in [0.1, 0.15) is 4.90 Å². The molecule has 8 heteroatoms. The van der Waals surface area contributed by atoms with E-state index in [1.165, 1.54) is 32.1 Å². The maximum Gasteiger partial charge on any atom is 0.264 e. The van der Waals surface area contributed by atoms with E-state index in [1.54, 1.807) is 48.7 Å². The number of nitrogens with one attached hydrogen (secondary N) is 1. The molecule has 0 spiro atoms. The van der Waals surface area contributed by atoms with E-state index in [2.05, 4.69) is 21.5 Å². The zero-order valence-corrected chi connectivity index (χ0v) is 21.6. The molecular formula is C28H34N4O3S. The van der Waals surface area contributed by atoms with Gasteiger partial charge in [-0.05, 0) is 62.1 Å². The van der Waals surface area contributed by atoms with E-state index in [9.17, 15) is 13.2 Å². The first-order chi connectivity index (χ1) is 17.4. The SMILES string of the molecule is CC1CN(CC2CCCCC2)CCN1C(=O)c1ccc(NS(=O)(=O)c2cccc3cccnc23)cc1. The van der Waals surface area contributed by atoms with Crippen LogP contribution in [0.25, 0.3) is 10.9 Å². The minimum Gasteiger partial charge on any atom is -0.333 e. The summed E-state index contributed by atoms with van der Waals surface area (Å²) in [7, 11) is -3.83. The fourth-order valence-electron chi connectivity index (χ4n) is 5.59. The Balaban J connectivity index is 1.23. The number of carbonyl (C=O) groups excluding carboxylic acids is 1. The quantitative estimate of drug-likeness (QED) is 0.521. The number of nitrogens with zero attached hydrogens (tertiary/aromatic N) is 3. The number of piperazine rings is 1. The normalized spacial score (nSPS) is 19.9. The Morgan fingerprint density at radius 2 is 1.75 bits per heavy atom. The van der Waals surface area contributed by atoms with Crippen molar-refractivity contribution in [2.24, 2.45) is 5.92 Å². The van der Waals surface area contributed by atoms with E-state index in [-0.39, 0.29) is 16.8 Å². The van der Waals surface area contributed by atoms with Crippen LogP contribution in [0, 0.1) is 5.92 Å². The summed E-state index contributed by atoms with van der Waals surface area (Å²) in [4.78, 5) is 22.1. The number of benzene rings is 2. The van der Waals surface area contributed by atoms with Crippen molar-refractivity contribution in [3.63, 3.8) is 0 Å². The Kier molecular flexibility index (Phi) is 7.25. The number of amides is 1. The van der Waals surface area contributed by atoms with E-state index in [4.69, 9.17) is 0 Å². The van der Waals surface area contributed by atoms with Gasteiger partial charge in [0.05, 0.1) is 5.52 Å². The average Bonchev–Trinajstić information content (AvgIpc) is 2.89. The van der Waals surface area contributed by atoms with Crippen LogP contribution in [-0.4, -0.2) is 61.3 Å². The molecule has 1 atom stereocenters. The van der Waals surface area contributed by atoms with Gasteiger partial charge in [0.25, 0.3) is 15.9 Å². The van der Waals surface area contributed by atoms with Gasteiger partial charge >= 0.3 is 0 Å². The van der Waals surface area contributed by atoms with Gasteiger partial charge in [0.2, 0.25) is 0 Å². The van der Waals surface area contributed by atoms with Crippen LogP contribution in [0.5, 0.6) is 0 Å². The topological polar surface area (TPSA) is 82.6 Å².